The maximum absolute atomic E-state index is 10.8. The molecule has 4 heteroatoms. The second kappa shape index (κ2) is 2.50. The topological polar surface area (TPSA) is 34.1 Å². The zero-order valence-corrected chi connectivity index (χ0v) is 6.79. The Morgan fingerprint density at radius 1 is 1.44 bits per heavy atom. The van der Waals surface area contributed by atoms with E-state index in [1.54, 1.807) is 0 Å². The molecule has 0 bridgehead atoms. The third kappa shape index (κ3) is 2.18. The maximum atomic E-state index is 10.8. The van der Waals surface area contributed by atoms with Crippen LogP contribution in [-0.4, -0.2) is 25.2 Å². The lowest BCUT2D eigenvalue weighted by Gasteiger charge is -2.16. The van der Waals surface area contributed by atoms with Crippen molar-refractivity contribution in [3.8, 4) is 0 Å². The Bertz CT molecular complexity index is 183. The van der Waals surface area contributed by atoms with Gasteiger partial charge in [0.25, 0.3) is 0 Å². The molecule has 0 aromatic heterocycles. The van der Waals surface area contributed by atoms with Crippen LogP contribution in [0.3, 0.4) is 0 Å². The summed E-state index contributed by atoms with van der Waals surface area (Å²) in [6.45, 7) is 0. The van der Waals surface area contributed by atoms with E-state index in [0.29, 0.717) is 5.75 Å². The van der Waals surface area contributed by atoms with Gasteiger partial charge in [-0.2, -0.15) is 12.6 Å². The van der Waals surface area contributed by atoms with E-state index in [1.165, 1.54) is 0 Å². The molecule has 0 aromatic carbocycles. The normalized spacial score (nSPS) is 34.1. The molecule has 0 saturated carbocycles. The highest BCUT2D eigenvalue weighted by atomic mass is 32.2. The number of sulfone groups is 1. The Labute approximate surface area is 61.0 Å². The van der Waals surface area contributed by atoms with E-state index >= 15 is 0 Å². The summed E-state index contributed by atoms with van der Waals surface area (Å²) in [6.07, 6.45) is 1.73. The Morgan fingerprint density at radius 2 is 2.11 bits per heavy atom. The van der Waals surface area contributed by atoms with Gasteiger partial charge >= 0.3 is 0 Å². The average Bonchev–Trinajstić information content (AvgIpc) is 1.60. The zero-order valence-electron chi connectivity index (χ0n) is 5.08. The van der Waals surface area contributed by atoms with Gasteiger partial charge in [-0.25, -0.2) is 8.42 Å². The molecule has 1 aliphatic rings. The highest BCUT2D eigenvalue weighted by molar-refractivity contribution is 7.92. The Hall–Kier alpha value is 0.300. The monoisotopic (exact) mass is 166 g/mol. The first-order valence-corrected chi connectivity index (χ1v) is 5.32. The average molecular weight is 166 g/mol. The minimum absolute atomic E-state index is 0.0868. The molecule has 0 N–H and O–H groups in total. The van der Waals surface area contributed by atoms with Crippen molar-refractivity contribution in [3.05, 3.63) is 0 Å². The lowest BCUT2D eigenvalue weighted by atomic mass is 10.3. The summed E-state index contributed by atoms with van der Waals surface area (Å²) < 4.78 is 21.6. The van der Waals surface area contributed by atoms with E-state index in [9.17, 15) is 8.42 Å². The molecule has 0 amide bonds. The van der Waals surface area contributed by atoms with Crippen molar-refractivity contribution in [2.75, 3.05) is 11.5 Å². The number of hydrogen-bond donors (Lipinski definition) is 1. The summed E-state index contributed by atoms with van der Waals surface area (Å²) in [5, 5.41) is 0.0868. The molecule has 0 aliphatic carbocycles. The molecule has 1 fully saturated rings. The largest absolute Gasteiger partial charge is 0.229 e. The molecule has 54 valence electrons. The lowest BCUT2D eigenvalue weighted by Crippen LogP contribution is -2.25. The van der Waals surface area contributed by atoms with Crippen molar-refractivity contribution < 1.29 is 8.42 Å². The molecule has 9 heavy (non-hydrogen) atoms. The van der Waals surface area contributed by atoms with Gasteiger partial charge in [-0.05, 0) is 12.8 Å². The summed E-state index contributed by atoms with van der Waals surface area (Å²) in [6, 6.07) is 0. The van der Waals surface area contributed by atoms with Crippen molar-refractivity contribution >= 4 is 22.5 Å². The van der Waals surface area contributed by atoms with Gasteiger partial charge < -0.3 is 0 Å². The molecule has 0 spiro atoms. The second-order valence-corrected chi connectivity index (χ2v) is 5.37. The number of hydrogen-bond acceptors (Lipinski definition) is 3. The van der Waals surface area contributed by atoms with Gasteiger partial charge in [-0.1, -0.05) is 0 Å². The fourth-order valence-corrected chi connectivity index (χ4v) is 3.39. The molecular formula is C5H10O2S2. The van der Waals surface area contributed by atoms with Crippen LogP contribution in [0.15, 0.2) is 0 Å². The van der Waals surface area contributed by atoms with Crippen LogP contribution >= 0.6 is 12.6 Å². The second-order valence-electron chi connectivity index (χ2n) is 2.41. The van der Waals surface area contributed by atoms with E-state index in [0.717, 1.165) is 12.8 Å². The molecule has 1 rings (SSSR count). The third-order valence-corrected chi connectivity index (χ3v) is 3.95. The molecule has 2 nitrogen and oxygen atoms in total. The van der Waals surface area contributed by atoms with Crippen LogP contribution in [0.25, 0.3) is 0 Å². The van der Waals surface area contributed by atoms with Crippen LogP contribution < -0.4 is 0 Å². The van der Waals surface area contributed by atoms with Crippen LogP contribution in [0, 0.1) is 0 Å². The molecular weight excluding hydrogens is 156 g/mol. The van der Waals surface area contributed by atoms with Crippen molar-refractivity contribution in [2.45, 2.75) is 18.1 Å². The molecule has 0 aromatic rings. The van der Waals surface area contributed by atoms with E-state index in [4.69, 9.17) is 0 Å². The molecule has 1 aliphatic heterocycles. The Balaban J connectivity index is 2.62. The van der Waals surface area contributed by atoms with Gasteiger partial charge in [0.2, 0.25) is 0 Å². The van der Waals surface area contributed by atoms with Crippen molar-refractivity contribution in [1.82, 2.24) is 0 Å². The standard InChI is InChI=1S/C5H10O2S2/c6-9(7)3-1-2-5(8)4-9/h5,8H,1-4H2. The van der Waals surface area contributed by atoms with Crippen LogP contribution in [0.4, 0.5) is 0 Å². The van der Waals surface area contributed by atoms with Crippen molar-refractivity contribution in [2.24, 2.45) is 0 Å². The van der Waals surface area contributed by atoms with Gasteiger partial charge in [-0.3, -0.25) is 0 Å². The summed E-state index contributed by atoms with van der Waals surface area (Å²) in [5.41, 5.74) is 0. The number of thiol groups is 1. The fourth-order valence-electron chi connectivity index (χ4n) is 0.999. The lowest BCUT2D eigenvalue weighted by molar-refractivity contribution is 0.578. The minimum Gasteiger partial charge on any atom is -0.229 e. The van der Waals surface area contributed by atoms with Gasteiger partial charge in [0.15, 0.2) is 9.84 Å². The smallest absolute Gasteiger partial charge is 0.151 e. The Kier molecular flexibility index (Phi) is 2.06. The highest BCUT2D eigenvalue weighted by Gasteiger charge is 2.21. The molecule has 0 radical (unpaired) electrons. The predicted octanol–water partition coefficient (Wildman–Crippen LogP) is 0.493. The van der Waals surface area contributed by atoms with E-state index in [2.05, 4.69) is 12.6 Å². The third-order valence-electron chi connectivity index (χ3n) is 1.44. The zero-order chi connectivity index (χ0) is 6.91. The first kappa shape index (κ1) is 7.41. The summed E-state index contributed by atoms with van der Waals surface area (Å²) >= 11 is 4.10. The molecule has 1 saturated heterocycles. The quantitative estimate of drug-likeness (QED) is 0.532. The summed E-state index contributed by atoms with van der Waals surface area (Å²) in [7, 11) is -2.71. The van der Waals surface area contributed by atoms with Gasteiger partial charge in [0.05, 0.1) is 11.5 Å². The van der Waals surface area contributed by atoms with E-state index < -0.39 is 9.84 Å². The Morgan fingerprint density at radius 3 is 2.44 bits per heavy atom. The first-order valence-electron chi connectivity index (χ1n) is 2.99. The maximum Gasteiger partial charge on any atom is 0.151 e. The van der Waals surface area contributed by atoms with Crippen molar-refractivity contribution in [1.29, 1.82) is 0 Å². The molecule has 1 unspecified atom stereocenters. The van der Waals surface area contributed by atoms with Crippen molar-refractivity contribution in [3.63, 3.8) is 0 Å². The van der Waals surface area contributed by atoms with Crippen LogP contribution in [0.2, 0.25) is 0 Å². The molecule has 1 atom stereocenters. The van der Waals surface area contributed by atoms with E-state index in [-0.39, 0.29) is 11.0 Å². The van der Waals surface area contributed by atoms with Crippen LogP contribution in [0.5, 0.6) is 0 Å². The van der Waals surface area contributed by atoms with Crippen LogP contribution in [0.1, 0.15) is 12.8 Å². The van der Waals surface area contributed by atoms with Gasteiger partial charge in [0.1, 0.15) is 0 Å². The summed E-state index contributed by atoms with van der Waals surface area (Å²) in [4.78, 5) is 0. The van der Waals surface area contributed by atoms with Crippen LogP contribution in [-0.2, 0) is 9.84 Å². The first-order chi connectivity index (χ1) is 4.10. The SMILES string of the molecule is O=S1(=O)CCCC(S)C1. The van der Waals surface area contributed by atoms with Gasteiger partial charge in [-0.15, -0.1) is 0 Å². The summed E-state index contributed by atoms with van der Waals surface area (Å²) in [5.74, 6) is 0.639. The van der Waals surface area contributed by atoms with Gasteiger partial charge in [0, 0.05) is 5.25 Å². The predicted molar refractivity (Wildman–Crippen MR) is 40.7 cm³/mol. The number of rotatable bonds is 0. The molecule has 1 heterocycles. The van der Waals surface area contributed by atoms with E-state index in [1.807, 2.05) is 0 Å². The highest BCUT2D eigenvalue weighted by Crippen LogP contribution is 2.15. The minimum atomic E-state index is -2.71. The fraction of sp³-hybridized carbons (Fsp3) is 1.00.